The summed E-state index contributed by atoms with van der Waals surface area (Å²) >= 11 is 0. The Hall–Kier alpha value is -0.613. The van der Waals surface area contributed by atoms with Crippen molar-refractivity contribution in [1.29, 1.82) is 0 Å². The number of aromatic amines is 1. The van der Waals surface area contributed by atoms with Gasteiger partial charge in [0, 0.05) is 18.4 Å². The minimum absolute atomic E-state index is 0.895. The molecule has 78 valence electrons. The topological polar surface area (TPSA) is 31.9 Å². The molecule has 1 aliphatic heterocycles. The molecule has 14 heavy (non-hydrogen) atoms. The van der Waals surface area contributed by atoms with Crippen LogP contribution in [0.3, 0.4) is 0 Å². The smallest absolute Gasteiger partial charge is 0.0922 e. The lowest BCUT2D eigenvalue weighted by molar-refractivity contribution is 0.287. The molecule has 2 heterocycles. The highest BCUT2D eigenvalue weighted by molar-refractivity contribution is 6.77. The maximum absolute atomic E-state index is 4.05. The van der Waals surface area contributed by atoms with E-state index in [9.17, 15) is 0 Å². The van der Waals surface area contributed by atoms with Crippen LogP contribution in [0.4, 0.5) is 0 Å². The number of hydrogen-bond acceptors (Lipinski definition) is 2. The number of imidazole rings is 1. The zero-order valence-corrected chi connectivity index (χ0v) is 10.1. The fraction of sp³-hybridized carbons (Fsp3) is 0.700. The highest BCUT2D eigenvalue weighted by Gasteiger charge is 2.28. The molecule has 3 nitrogen and oxygen atoms in total. The number of rotatable bonds is 2. The van der Waals surface area contributed by atoms with E-state index >= 15 is 0 Å². The van der Waals surface area contributed by atoms with Gasteiger partial charge in [0.05, 0.1) is 14.4 Å². The molecular weight excluding hydrogens is 190 g/mol. The van der Waals surface area contributed by atoms with Gasteiger partial charge in [-0.25, -0.2) is 4.98 Å². The zero-order chi connectivity index (χ0) is 10.0. The molecule has 1 aromatic rings. The Morgan fingerprint density at radius 3 is 3.07 bits per heavy atom. The van der Waals surface area contributed by atoms with Crippen molar-refractivity contribution in [2.75, 3.05) is 12.7 Å². The van der Waals surface area contributed by atoms with Crippen LogP contribution in [0.1, 0.15) is 12.1 Å². The molecule has 0 bridgehead atoms. The zero-order valence-electron chi connectivity index (χ0n) is 9.08. The Morgan fingerprint density at radius 2 is 2.43 bits per heavy atom. The van der Waals surface area contributed by atoms with Gasteiger partial charge in [-0.3, -0.25) is 0 Å². The summed E-state index contributed by atoms with van der Waals surface area (Å²) in [4.78, 5) is 9.80. The van der Waals surface area contributed by atoms with Gasteiger partial charge >= 0.3 is 0 Å². The van der Waals surface area contributed by atoms with Crippen molar-refractivity contribution < 1.29 is 0 Å². The molecule has 0 amide bonds. The van der Waals surface area contributed by atoms with Gasteiger partial charge in [-0.05, 0) is 19.1 Å². The molecule has 0 radical (unpaired) electrons. The van der Waals surface area contributed by atoms with Crippen LogP contribution in [-0.4, -0.2) is 35.7 Å². The normalized spacial score (nSPS) is 22.4. The molecule has 0 atom stereocenters. The molecule has 4 heteroatoms. The summed E-state index contributed by atoms with van der Waals surface area (Å²) in [6, 6.07) is 1.49. The van der Waals surface area contributed by atoms with Crippen LogP contribution in [0.15, 0.2) is 12.5 Å². The number of aromatic nitrogens is 2. The Kier molecular flexibility index (Phi) is 2.74. The second-order valence-corrected chi connectivity index (χ2v) is 10.2. The predicted octanol–water partition coefficient (Wildman–Crippen LogP) is 1.86. The molecular formula is C10H19N3Si. The Labute approximate surface area is 86.5 Å². The lowest BCUT2D eigenvalue weighted by atomic mass is 10.4. The van der Waals surface area contributed by atoms with E-state index in [4.69, 9.17) is 0 Å². The molecule has 0 aromatic carbocycles. The molecule has 1 fully saturated rings. The summed E-state index contributed by atoms with van der Waals surface area (Å²) in [5.41, 5.74) is 1.25. The van der Waals surface area contributed by atoms with Crippen LogP contribution in [0.25, 0.3) is 0 Å². The number of nitrogens with one attached hydrogen (secondary N) is 1. The summed E-state index contributed by atoms with van der Waals surface area (Å²) < 4.78 is 0. The number of hydrogen-bond donors (Lipinski definition) is 1. The van der Waals surface area contributed by atoms with Crippen molar-refractivity contribution in [1.82, 2.24) is 14.9 Å². The SMILES string of the molecule is C[Si]1(C)CCCN(Cc2cnc[nH]2)C1. The minimum atomic E-state index is -0.895. The first-order valence-electron chi connectivity index (χ1n) is 5.35. The lowest BCUT2D eigenvalue weighted by Crippen LogP contribution is -2.47. The average molecular weight is 209 g/mol. The predicted molar refractivity (Wildman–Crippen MR) is 60.8 cm³/mol. The maximum Gasteiger partial charge on any atom is 0.0922 e. The quantitative estimate of drug-likeness (QED) is 0.754. The van der Waals surface area contributed by atoms with Gasteiger partial charge in [-0.15, -0.1) is 0 Å². The van der Waals surface area contributed by atoms with Crippen molar-refractivity contribution in [3.05, 3.63) is 18.2 Å². The highest BCUT2D eigenvalue weighted by atomic mass is 28.3. The van der Waals surface area contributed by atoms with Gasteiger partial charge in [-0.2, -0.15) is 0 Å². The Bertz CT molecular complexity index is 282. The largest absolute Gasteiger partial charge is 0.347 e. The molecule has 1 aromatic heterocycles. The van der Waals surface area contributed by atoms with E-state index < -0.39 is 8.07 Å². The van der Waals surface area contributed by atoms with Gasteiger partial charge in [0.2, 0.25) is 0 Å². The Balaban J connectivity index is 1.92. The molecule has 1 N–H and O–H groups in total. The average Bonchev–Trinajstić information content (AvgIpc) is 2.54. The van der Waals surface area contributed by atoms with Gasteiger partial charge in [0.15, 0.2) is 0 Å². The van der Waals surface area contributed by atoms with Crippen LogP contribution in [0.5, 0.6) is 0 Å². The number of nitrogens with zero attached hydrogens (tertiary/aromatic N) is 2. The molecule has 0 spiro atoms. The summed E-state index contributed by atoms with van der Waals surface area (Å²) in [5, 5.41) is 0. The summed E-state index contributed by atoms with van der Waals surface area (Å²) in [5.74, 6) is 0. The van der Waals surface area contributed by atoms with E-state index in [-0.39, 0.29) is 0 Å². The standard InChI is InChI=1S/C10H19N3Si/c1-14(2)5-3-4-13(9-14)7-10-6-11-8-12-10/h6,8H,3-5,7,9H2,1-2H3,(H,11,12). The van der Waals surface area contributed by atoms with Crippen molar-refractivity contribution in [3.8, 4) is 0 Å². The van der Waals surface area contributed by atoms with Crippen LogP contribution in [0.2, 0.25) is 19.1 Å². The fourth-order valence-electron chi connectivity index (χ4n) is 2.29. The molecule has 1 aliphatic rings. The van der Waals surface area contributed by atoms with Crippen molar-refractivity contribution in [3.63, 3.8) is 0 Å². The third-order valence-electron chi connectivity index (χ3n) is 2.93. The van der Waals surface area contributed by atoms with E-state index in [2.05, 4.69) is 28.0 Å². The van der Waals surface area contributed by atoms with Gasteiger partial charge in [-0.1, -0.05) is 19.1 Å². The third kappa shape index (κ3) is 2.45. The minimum Gasteiger partial charge on any atom is -0.347 e. The first-order chi connectivity index (χ1) is 6.66. The molecule has 0 unspecified atom stereocenters. The van der Waals surface area contributed by atoms with E-state index in [0.717, 1.165) is 6.54 Å². The van der Waals surface area contributed by atoms with E-state index in [0.29, 0.717) is 0 Å². The van der Waals surface area contributed by atoms with Gasteiger partial charge in [0.1, 0.15) is 0 Å². The van der Waals surface area contributed by atoms with E-state index in [1.165, 1.54) is 30.9 Å². The van der Waals surface area contributed by atoms with Crippen LogP contribution < -0.4 is 0 Å². The summed E-state index contributed by atoms with van der Waals surface area (Å²) in [7, 11) is -0.895. The second kappa shape index (κ2) is 3.86. The molecule has 2 rings (SSSR count). The monoisotopic (exact) mass is 209 g/mol. The van der Waals surface area contributed by atoms with Crippen molar-refractivity contribution >= 4 is 8.07 Å². The number of H-pyrrole nitrogens is 1. The van der Waals surface area contributed by atoms with Crippen LogP contribution in [0, 0.1) is 0 Å². The first kappa shape index (κ1) is 9.92. The van der Waals surface area contributed by atoms with Gasteiger partial charge < -0.3 is 9.88 Å². The molecule has 1 saturated heterocycles. The Morgan fingerprint density at radius 1 is 1.57 bits per heavy atom. The van der Waals surface area contributed by atoms with E-state index in [1.807, 2.05) is 6.20 Å². The summed E-state index contributed by atoms with van der Waals surface area (Å²) in [6.45, 7) is 7.30. The first-order valence-corrected chi connectivity index (χ1v) is 8.77. The highest BCUT2D eigenvalue weighted by Crippen LogP contribution is 2.20. The maximum atomic E-state index is 4.05. The third-order valence-corrected chi connectivity index (χ3v) is 5.94. The molecule has 0 saturated carbocycles. The van der Waals surface area contributed by atoms with E-state index in [1.54, 1.807) is 6.33 Å². The second-order valence-electron chi connectivity index (χ2n) is 5.06. The molecule has 0 aliphatic carbocycles. The van der Waals surface area contributed by atoms with Crippen LogP contribution >= 0.6 is 0 Å². The van der Waals surface area contributed by atoms with Crippen molar-refractivity contribution in [2.45, 2.75) is 32.1 Å². The summed E-state index contributed by atoms with van der Waals surface area (Å²) in [6.07, 6.45) is 6.42. The van der Waals surface area contributed by atoms with Gasteiger partial charge in [0.25, 0.3) is 0 Å². The fourth-order valence-corrected chi connectivity index (χ4v) is 5.05. The lowest BCUT2D eigenvalue weighted by Gasteiger charge is -2.36. The van der Waals surface area contributed by atoms with Crippen molar-refractivity contribution in [2.24, 2.45) is 0 Å². The van der Waals surface area contributed by atoms with Crippen LogP contribution in [-0.2, 0) is 6.54 Å².